The quantitative estimate of drug-likeness (QED) is 0.0275. The SMILES string of the molecule is CC/C=C\C/C=C\C/C=C\C/C=C\C/C=C\CCCCOCC(COP(=O)(O)OCCN)OC(=O)CCCCCCC/C=C\CCCCCCCCC. The molecule has 0 aromatic rings. The largest absolute Gasteiger partial charge is 0.472 e. The van der Waals surface area contributed by atoms with Crippen LogP contribution in [0.5, 0.6) is 0 Å². The lowest BCUT2D eigenvalue weighted by atomic mass is 10.1. The van der Waals surface area contributed by atoms with Gasteiger partial charge >= 0.3 is 13.8 Å². The minimum absolute atomic E-state index is 0.0801. The molecule has 0 spiro atoms. The first-order chi connectivity index (χ1) is 25.9. The van der Waals surface area contributed by atoms with E-state index in [-0.39, 0.29) is 32.3 Å². The molecular weight excluding hydrogens is 685 g/mol. The van der Waals surface area contributed by atoms with Gasteiger partial charge in [-0.3, -0.25) is 13.8 Å². The van der Waals surface area contributed by atoms with Crippen LogP contribution in [-0.4, -0.2) is 49.9 Å². The highest BCUT2D eigenvalue weighted by Crippen LogP contribution is 2.43. The highest BCUT2D eigenvalue weighted by Gasteiger charge is 2.25. The molecule has 0 aliphatic rings. The van der Waals surface area contributed by atoms with E-state index >= 15 is 0 Å². The van der Waals surface area contributed by atoms with E-state index in [1.54, 1.807) is 0 Å². The van der Waals surface area contributed by atoms with Crippen molar-refractivity contribution in [1.82, 2.24) is 0 Å². The monoisotopic (exact) mass is 764 g/mol. The van der Waals surface area contributed by atoms with Crippen LogP contribution in [0, 0.1) is 0 Å². The van der Waals surface area contributed by atoms with Crippen molar-refractivity contribution in [3.8, 4) is 0 Å². The summed E-state index contributed by atoms with van der Waals surface area (Å²) in [7, 11) is -4.29. The average molecular weight is 764 g/mol. The molecule has 0 bridgehead atoms. The Bertz CT molecular complexity index is 1040. The van der Waals surface area contributed by atoms with E-state index in [2.05, 4.69) is 86.8 Å². The number of hydrogen-bond donors (Lipinski definition) is 2. The summed E-state index contributed by atoms with van der Waals surface area (Å²) < 4.78 is 33.3. The Labute approximate surface area is 325 Å². The van der Waals surface area contributed by atoms with Gasteiger partial charge in [0.25, 0.3) is 0 Å². The number of phosphoric ester groups is 1. The smallest absolute Gasteiger partial charge is 0.457 e. The van der Waals surface area contributed by atoms with Gasteiger partial charge in [-0.15, -0.1) is 0 Å². The second-order valence-electron chi connectivity index (χ2n) is 13.5. The van der Waals surface area contributed by atoms with Crippen LogP contribution < -0.4 is 5.73 Å². The van der Waals surface area contributed by atoms with Gasteiger partial charge in [0.15, 0.2) is 0 Å². The molecule has 306 valence electrons. The Morgan fingerprint density at radius 1 is 0.585 bits per heavy atom. The van der Waals surface area contributed by atoms with Crippen LogP contribution >= 0.6 is 7.82 Å². The molecule has 0 saturated carbocycles. The van der Waals surface area contributed by atoms with Crippen molar-refractivity contribution in [1.29, 1.82) is 0 Å². The highest BCUT2D eigenvalue weighted by atomic mass is 31.2. The number of carbonyl (C=O) groups excluding carboxylic acids is 1. The van der Waals surface area contributed by atoms with Crippen LogP contribution in [0.3, 0.4) is 0 Å². The van der Waals surface area contributed by atoms with Gasteiger partial charge in [0, 0.05) is 19.6 Å². The Morgan fingerprint density at radius 2 is 1.06 bits per heavy atom. The van der Waals surface area contributed by atoms with Crippen LogP contribution in [0.1, 0.15) is 162 Å². The second kappa shape index (κ2) is 41.1. The second-order valence-corrected chi connectivity index (χ2v) is 14.9. The highest BCUT2D eigenvalue weighted by molar-refractivity contribution is 7.47. The van der Waals surface area contributed by atoms with E-state index < -0.39 is 13.9 Å². The van der Waals surface area contributed by atoms with Crippen LogP contribution in [-0.2, 0) is 27.9 Å². The molecule has 3 N–H and O–H groups in total. The summed E-state index contributed by atoms with van der Waals surface area (Å²) in [6.07, 6.45) is 50.7. The molecule has 0 heterocycles. The molecule has 2 atom stereocenters. The molecule has 0 fully saturated rings. The van der Waals surface area contributed by atoms with E-state index in [1.165, 1.54) is 57.8 Å². The zero-order valence-corrected chi connectivity index (χ0v) is 34.6. The molecule has 0 rings (SSSR count). The molecule has 0 aliphatic carbocycles. The van der Waals surface area contributed by atoms with Gasteiger partial charge in [-0.1, -0.05) is 145 Å². The summed E-state index contributed by atoms with van der Waals surface area (Å²) in [5, 5.41) is 0. The Kier molecular flexibility index (Phi) is 39.5. The van der Waals surface area contributed by atoms with Crippen molar-refractivity contribution in [2.24, 2.45) is 5.73 Å². The molecule has 0 aromatic heterocycles. The fourth-order valence-electron chi connectivity index (χ4n) is 5.31. The Morgan fingerprint density at radius 3 is 1.60 bits per heavy atom. The third kappa shape index (κ3) is 41.0. The summed E-state index contributed by atoms with van der Waals surface area (Å²) in [5.74, 6) is -0.357. The van der Waals surface area contributed by atoms with Crippen molar-refractivity contribution in [3.63, 3.8) is 0 Å². The van der Waals surface area contributed by atoms with Gasteiger partial charge < -0.3 is 20.1 Å². The molecule has 2 unspecified atom stereocenters. The molecule has 8 nitrogen and oxygen atoms in total. The van der Waals surface area contributed by atoms with E-state index in [4.69, 9.17) is 24.3 Å². The van der Waals surface area contributed by atoms with E-state index in [9.17, 15) is 14.3 Å². The lowest BCUT2D eigenvalue weighted by molar-refractivity contribution is -0.154. The van der Waals surface area contributed by atoms with Gasteiger partial charge in [0.05, 0.1) is 19.8 Å². The first-order valence-electron chi connectivity index (χ1n) is 20.9. The molecular formula is C44H78NO7P. The third-order valence-electron chi connectivity index (χ3n) is 8.36. The number of phosphoric acid groups is 1. The fraction of sp³-hybridized carbons (Fsp3) is 0.705. The first-order valence-corrected chi connectivity index (χ1v) is 22.4. The minimum Gasteiger partial charge on any atom is -0.457 e. The molecule has 0 aliphatic heterocycles. The van der Waals surface area contributed by atoms with Crippen LogP contribution in [0.4, 0.5) is 0 Å². The van der Waals surface area contributed by atoms with E-state index in [0.29, 0.717) is 13.0 Å². The van der Waals surface area contributed by atoms with Gasteiger partial charge in [0.1, 0.15) is 6.10 Å². The lowest BCUT2D eigenvalue weighted by Gasteiger charge is -2.20. The van der Waals surface area contributed by atoms with E-state index in [1.807, 2.05) is 0 Å². The Hall–Kier alpha value is -2.06. The summed E-state index contributed by atoms with van der Waals surface area (Å²) in [6.45, 7) is 4.66. The average Bonchev–Trinajstić information content (AvgIpc) is 3.15. The van der Waals surface area contributed by atoms with Gasteiger partial charge in [0.2, 0.25) is 0 Å². The summed E-state index contributed by atoms with van der Waals surface area (Å²) in [4.78, 5) is 22.4. The number of nitrogens with two attached hydrogens (primary N) is 1. The number of rotatable bonds is 39. The van der Waals surface area contributed by atoms with Gasteiger partial charge in [-0.2, -0.15) is 0 Å². The third-order valence-corrected chi connectivity index (χ3v) is 9.34. The number of hydrogen-bond acceptors (Lipinski definition) is 7. The van der Waals surface area contributed by atoms with Crippen molar-refractivity contribution in [3.05, 3.63) is 72.9 Å². The lowest BCUT2D eigenvalue weighted by Crippen LogP contribution is -2.28. The van der Waals surface area contributed by atoms with Gasteiger partial charge in [-0.05, 0) is 83.5 Å². The topological polar surface area (TPSA) is 117 Å². The first kappa shape index (κ1) is 50.9. The predicted molar refractivity (Wildman–Crippen MR) is 224 cm³/mol. The zero-order chi connectivity index (χ0) is 38.8. The Balaban J connectivity index is 4.17. The molecule has 0 saturated heterocycles. The normalized spacial score (nSPS) is 14.3. The number of unbranched alkanes of at least 4 members (excludes halogenated alkanes) is 14. The maximum absolute atomic E-state index is 12.6. The molecule has 53 heavy (non-hydrogen) atoms. The number of allylic oxidation sites excluding steroid dienone is 12. The maximum Gasteiger partial charge on any atom is 0.472 e. The zero-order valence-electron chi connectivity index (χ0n) is 33.7. The fourth-order valence-corrected chi connectivity index (χ4v) is 6.08. The summed E-state index contributed by atoms with van der Waals surface area (Å²) >= 11 is 0. The van der Waals surface area contributed by atoms with Crippen molar-refractivity contribution < 1.29 is 32.8 Å². The number of carbonyl (C=O) groups is 1. The van der Waals surface area contributed by atoms with Gasteiger partial charge in [-0.25, -0.2) is 4.57 Å². The van der Waals surface area contributed by atoms with Crippen LogP contribution in [0.15, 0.2) is 72.9 Å². The summed E-state index contributed by atoms with van der Waals surface area (Å²) in [5.41, 5.74) is 5.36. The van der Waals surface area contributed by atoms with Crippen LogP contribution in [0.2, 0.25) is 0 Å². The number of ether oxygens (including phenoxy) is 2. The number of esters is 1. The molecule has 0 radical (unpaired) electrons. The van der Waals surface area contributed by atoms with Crippen molar-refractivity contribution in [2.45, 2.75) is 168 Å². The predicted octanol–water partition coefficient (Wildman–Crippen LogP) is 12.4. The van der Waals surface area contributed by atoms with Crippen molar-refractivity contribution >= 4 is 13.8 Å². The maximum atomic E-state index is 12.6. The molecule has 0 amide bonds. The minimum atomic E-state index is -4.29. The molecule has 9 heteroatoms. The summed E-state index contributed by atoms with van der Waals surface area (Å²) in [6, 6.07) is 0. The van der Waals surface area contributed by atoms with E-state index in [0.717, 1.165) is 83.5 Å². The standard InChI is InChI=1S/C44H78NO7P/c1-3-5-7-9-11-13-15-17-19-21-22-24-26-28-30-32-34-36-39-49-41-43(42-51-53(47,48)50-40-38-45)52-44(46)37-35-33-31-29-27-25-23-20-18-16-14-12-10-8-6-4-2/h5,7,11,13,17,19-20,22-24,28,30,43H,3-4,6,8-10,12,14-16,18,21,25-27,29,31-42,45H2,1-2H3,(H,47,48)/b7-5-,13-11-,19-17-,23-20-,24-22-,30-28-. The molecule has 0 aromatic carbocycles. The van der Waals surface area contributed by atoms with Crippen molar-refractivity contribution in [2.75, 3.05) is 33.0 Å². The van der Waals surface area contributed by atoms with Crippen LogP contribution in [0.25, 0.3) is 0 Å².